The molecule has 1 aliphatic heterocycles. The summed E-state index contributed by atoms with van der Waals surface area (Å²) in [4.78, 5) is 4.67. The maximum atomic E-state index is 10.1. The van der Waals surface area contributed by atoms with E-state index in [-0.39, 0.29) is 5.60 Å². The number of aliphatic hydroxyl groups excluding tert-OH is 1. The number of halogens is 1. The van der Waals surface area contributed by atoms with Crippen molar-refractivity contribution in [3.8, 4) is 0 Å². The predicted octanol–water partition coefficient (Wildman–Crippen LogP) is 2.95. The molecule has 130 valence electrons. The van der Waals surface area contributed by atoms with E-state index >= 15 is 0 Å². The van der Waals surface area contributed by atoms with Gasteiger partial charge in [0.2, 0.25) is 0 Å². The van der Waals surface area contributed by atoms with E-state index in [4.69, 9.17) is 16.3 Å². The number of hydrogen-bond donors (Lipinski definition) is 1. The van der Waals surface area contributed by atoms with Gasteiger partial charge in [-0.2, -0.15) is 0 Å². The van der Waals surface area contributed by atoms with Gasteiger partial charge in [-0.15, -0.1) is 0 Å². The van der Waals surface area contributed by atoms with E-state index in [0.717, 1.165) is 31.2 Å². The molecule has 0 amide bonds. The summed E-state index contributed by atoms with van der Waals surface area (Å²) in [6.45, 7) is 13.0. The van der Waals surface area contributed by atoms with E-state index in [1.165, 1.54) is 11.3 Å². The minimum absolute atomic E-state index is 0.205. The van der Waals surface area contributed by atoms with Crippen LogP contribution in [0.5, 0.6) is 0 Å². The van der Waals surface area contributed by atoms with Crippen molar-refractivity contribution >= 4 is 17.3 Å². The van der Waals surface area contributed by atoms with Crippen molar-refractivity contribution in [3.05, 3.63) is 28.8 Å². The fourth-order valence-electron chi connectivity index (χ4n) is 2.79. The molecule has 1 saturated heterocycles. The Hall–Kier alpha value is -0.810. The molecule has 5 heteroatoms. The third kappa shape index (κ3) is 5.96. The summed E-state index contributed by atoms with van der Waals surface area (Å²) in [5.41, 5.74) is 2.26. The van der Waals surface area contributed by atoms with Gasteiger partial charge in [0, 0.05) is 43.4 Å². The number of hydrogen-bond acceptors (Lipinski definition) is 4. The number of piperazine rings is 1. The second-order valence-electron chi connectivity index (χ2n) is 7.30. The molecule has 0 aromatic heterocycles. The Balaban J connectivity index is 1.81. The number of nitrogens with zero attached hydrogens (tertiary/aromatic N) is 2. The lowest BCUT2D eigenvalue weighted by Crippen LogP contribution is -2.49. The van der Waals surface area contributed by atoms with Crippen LogP contribution in [0.1, 0.15) is 26.3 Å². The van der Waals surface area contributed by atoms with Gasteiger partial charge in [-0.25, -0.2) is 0 Å². The zero-order chi connectivity index (χ0) is 17.0. The van der Waals surface area contributed by atoms with Crippen LogP contribution in [-0.2, 0) is 4.74 Å². The lowest BCUT2D eigenvalue weighted by Gasteiger charge is -2.37. The van der Waals surface area contributed by atoms with E-state index in [9.17, 15) is 5.11 Å². The van der Waals surface area contributed by atoms with Crippen LogP contribution in [0.25, 0.3) is 0 Å². The van der Waals surface area contributed by atoms with Crippen molar-refractivity contribution in [2.24, 2.45) is 0 Å². The first-order valence-electron chi connectivity index (χ1n) is 8.30. The van der Waals surface area contributed by atoms with E-state index in [1.807, 2.05) is 32.9 Å². The SMILES string of the molecule is Cc1ccc(Cl)cc1N1CCN(C[C@H](O)COC(C)(C)C)CC1. The molecule has 1 N–H and O–H groups in total. The van der Waals surface area contributed by atoms with Crippen LogP contribution in [0.15, 0.2) is 18.2 Å². The van der Waals surface area contributed by atoms with E-state index in [0.29, 0.717) is 13.2 Å². The van der Waals surface area contributed by atoms with Crippen LogP contribution in [0, 0.1) is 6.92 Å². The Labute approximate surface area is 145 Å². The van der Waals surface area contributed by atoms with Crippen LogP contribution in [0.3, 0.4) is 0 Å². The van der Waals surface area contributed by atoms with Gasteiger partial charge in [0.15, 0.2) is 0 Å². The van der Waals surface area contributed by atoms with E-state index in [1.54, 1.807) is 0 Å². The molecule has 2 rings (SSSR count). The van der Waals surface area contributed by atoms with Crippen molar-refractivity contribution < 1.29 is 9.84 Å². The van der Waals surface area contributed by atoms with Gasteiger partial charge in [0.05, 0.1) is 18.3 Å². The van der Waals surface area contributed by atoms with Crippen LogP contribution in [-0.4, -0.2) is 61.0 Å². The van der Waals surface area contributed by atoms with E-state index in [2.05, 4.69) is 22.8 Å². The zero-order valence-corrected chi connectivity index (χ0v) is 15.4. The molecular weight excluding hydrogens is 312 g/mol. The lowest BCUT2D eigenvalue weighted by atomic mass is 10.1. The maximum Gasteiger partial charge on any atom is 0.0900 e. The largest absolute Gasteiger partial charge is 0.389 e. The minimum atomic E-state index is -0.436. The number of benzene rings is 1. The average Bonchev–Trinajstić information content (AvgIpc) is 2.48. The molecule has 1 aromatic rings. The van der Waals surface area contributed by atoms with Gasteiger partial charge < -0.3 is 14.7 Å². The van der Waals surface area contributed by atoms with Crippen LogP contribution >= 0.6 is 11.6 Å². The Morgan fingerprint density at radius 3 is 2.48 bits per heavy atom. The highest BCUT2D eigenvalue weighted by Gasteiger charge is 2.21. The molecule has 0 unspecified atom stereocenters. The zero-order valence-electron chi connectivity index (χ0n) is 14.7. The first-order valence-corrected chi connectivity index (χ1v) is 8.68. The summed E-state index contributed by atoms with van der Waals surface area (Å²) in [5.74, 6) is 0. The van der Waals surface area contributed by atoms with Gasteiger partial charge in [-0.3, -0.25) is 4.90 Å². The molecule has 1 atom stereocenters. The highest BCUT2D eigenvalue weighted by molar-refractivity contribution is 6.30. The second-order valence-corrected chi connectivity index (χ2v) is 7.73. The Morgan fingerprint density at radius 2 is 1.87 bits per heavy atom. The van der Waals surface area contributed by atoms with Crippen molar-refractivity contribution in [2.75, 3.05) is 44.2 Å². The molecule has 1 fully saturated rings. The van der Waals surface area contributed by atoms with E-state index < -0.39 is 6.10 Å². The van der Waals surface area contributed by atoms with Crippen molar-refractivity contribution in [1.29, 1.82) is 0 Å². The van der Waals surface area contributed by atoms with Crippen LogP contribution in [0.2, 0.25) is 5.02 Å². The topological polar surface area (TPSA) is 35.9 Å². The highest BCUT2D eigenvalue weighted by Crippen LogP contribution is 2.25. The minimum Gasteiger partial charge on any atom is -0.389 e. The summed E-state index contributed by atoms with van der Waals surface area (Å²) >= 11 is 6.12. The highest BCUT2D eigenvalue weighted by atomic mass is 35.5. The Kier molecular flexibility index (Phi) is 6.32. The molecule has 0 radical (unpaired) electrons. The van der Waals surface area contributed by atoms with Gasteiger partial charge >= 0.3 is 0 Å². The van der Waals surface area contributed by atoms with Crippen molar-refractivity contribution in [2.45, 2.75) is 39.4 Å². The van der Waals surface area contributed by atoms with Crippen LogP contribution in [0.4, 0.5) is 5.69 Å². The van der Waals surface area contributed by atoms with Crippen molar-refractivity contribution in [3.63, 3.8) is 0 Å². The average molecular weight is 341 g/mol. The molecule has 1 aliphatic rings. The first kappa shape index (κ1) is 18.5. The van der Waals surface area contributed by atoms with Gasteiger partial charge in [0.1, 0.15) is 0 Å². The summed E-state index contributed by atoms with van der Waals surface area (Å²) in [6.07, 6.45) is -0.436. The monoisotopic (exact) mass is 340 g/mol. The summed E-state index contributed by atoms with van der Waals surface area (Å²) < 4.78 is 5.65. The number of aliphatic hydroxyl groups is 1. The quantitative estimate of drug-likeness (QED) is 0.894. The lowest BCUT2D eigenvalue weighted by molar-refractivity contribution is -0.0563. The molecule has 1 aromatic carbocycles. The molecule has 4 nitrogen and oxygen atoms in total. The molecular formula is C18H29ClN2O2. The van der Waals surface area contributed by atoms with Crippen molar-refractivity contribution in [1.82, 2.24) is 4.90 Å². The Morgan fingerprint density at radius 1 is 1.22 bits per heavy atom. The summed E-state index contributed by atoms with van der Waals surface area (Å²) in [6, 6.07) is 6.04. The second kappa shape index (κ2) is 7.84. The fraction of sp³-hybridized carbons (Fsp3) is 0.667. The fourth-order valence-corrected chi connectivity index (χ4v) is 2.96. The predicted molar refractivity (Wildman–Crippen MR) is 96.6 cm³/mol. The Bertz CT molecular complexity index is 508. The number of aryl methyl sites for hydroxylation is 1. The van der Waals surface area contributed by atoms with Crippen LogP contribution < -0.4 is 4.90 Å². The smallest absolute Gasteiger partial charge is 0.0900 e. The molecule has 0 aliphatic carbocycles. The molecule has 23 heavy (non-hydrogen) atoms. The van der Waals surface area contributed by atoms with Gasteiger partial charge in [0.25, 0.3) is 0 Å². The molecule has 0 saturated carbocycles. The van der Waals surface area contributed by atoms with Gasteiger partial charge in [-0.1, -0.05) is 17.7 Å². The standard InChI is InChI=1S/C18H29ClN2O2/c1-14-5-6-15(19)11-17(14)21-9-7-20(8-10-21)12-16(22)13-23-18(2,3)4/h5-6,11,16,22H,7-10,12-13H2,1-4H3/t16-/m0/s1. The third-order valence-corrected chi connectivity index (χ3v) is 4.30. The molecule has 1 heterocycles. The summed E-state index contributed by atoms with van der Waals surface area (Å²) in [5, 5.41) is 10.9. The molecule has 0 spiro atoms. The number of rotatable bonds is 5. The number of β-amino-alcohol motifs (C(OH)–C–C–N with tert-alkyl or cyclic N) is 1. The molecule has 0 bridgehead atoms. The summed E-state index contributed by atoms with van der Waals surface area (Å²) in [7, 11) is 0. The number of ether oxygens (including phenoxy) is 1. The van der Waals surface area contributed by atoms with Gasteiger partial charge in [-0.05, 0) is 45.4 Å². The number of anilines is 1. The normalized spacial score (nSPS) is 18.3. The third-order valence-electron chi connectivity index (χ3n) is 4.06. The maximum absolute atomic E-state index is 10.1. The first-order chi connectivity index (χ1) is 10.7.